The Bertz CT molecular complexity index is 1150. The highest BCUT2D eigenvalue weighted by Crippen LogP contribution is 2.26. The van der Waals surface area contributed by atoms with Gasteiger partial charge in [-0.25, -0.2) is 9.07 Å². The molecule has 3 aromatic carbocycles. The molecule has 0 radical (unpaired) electrons. The van der Waals surface area contributed by atoms with E-state index in [4.69, 9.17) is 4.74 Å². The lowest BCUT2D eigenvalue weighted by Crippen LogP contribution is -2.04. The smallest absolute Gasteiger partial charge is 0.213 e. The van der Waals surface area contributed by atoms with Crippen molar-refractivity contribution in [1.29, 1.82) is 0 Å². The number of aromatic nitrogens is 2. The van der Waals surface area contributed by atoms with Gasteiger partial charge in [0.15, 0.2) is 0 Å². The normalized spacial score (nSPS) is 10.7. The van der Waals surface area contributed by atoms with Gasteiger partial charge in [-0.2, -0.15) is 5.10 Å². The molecule has 4 nitrogen and oxygen atoms in total. The molecule has 0 amide bonds. The van der Waals surface area contributed by atoms with Gasteiger partial charge in [0.05, 0.1) is 18.5 Å². The summed E-state index contributed by atoms with van der Waals surface area (Å²) in [5, 5.41) is 4.57. The van der Waals surface area contributed by atoms with Gasteiger partial charge in [-0.1, -0.05) is 29.8 Å². The second-order valence-electron chi connectivity index (χ2n) is 6.73. The molecule has 0 aliphatic heterocycles. The third-order valence-electron chi connectivity index (χ3n) is 4.71. The van der Waals surface area contributed by atoms with Gasteiger partial charge in [0.1, 0.15) is 17.3 Å². The van der Waals surface area contributed by atoms with Crippen LogP contribution in [0.5, 0.6) is 5.75 Å². The lowest BCUT2D eigenvalue weighted by molar-refractivity contribution is 0.103. The average molecular weight is 386 g/mol. The number of hydrogen-bond donors (Lipinski definition) is 0. The first-order valence-electron chi connectivity index (χ1n) is 9.17. The summed E-state index contributed by atoms with van der Waals surface area (Å²) in [6, 6.07) is 22.7. The first-order valence-corrected chi connectivity index (χ1v) is 9.17. The van der Waals surface area contributed by atoms with Crippen molar-refractivity contribution in [2.75, 3.05) is 7.11 Å². The Hall–Kier alpha value is -3.73. The molecule has 29 heavy (non-hydrogen) atoms. The largest absolute Gasteiger partial charge is 0.497 e. The summed E-state index contributed by atoms with van der Waals surface area (Å²) in [4.78, 5) is 12.9. The Morgan fingerprint density at radius 2 is 1.59 bits per heavy atom. The molecule has 0 atom stereocenters. The maximum atomic E-state index is 13.2. The van der Waals surface area contributed by atoms with Crippen LogP contribution in [0.2, 0.25) is 0 Å². The van der Waals surface area contributed by atoms with Crippen LogP contribution in [-0.2, 0) is 0 Å². The molecule has 0 aliphatic carbocycles. The first kappa shape index (κ1) is 18.6. The predicted molar refractivity (Wildman–Crippen MR) is 110 cm³/mol. The molecule has 1 aromatic heterocycles. The van der Waals surface area contributed by atoms with E-state index in [1.165, 1.54) is 24.3 Å². The summed E-state index contributed by atoms with van der Waals surface area (Å²) in [5.74, 6) is 0.0942. The molecule has 0 aliphatic rings. The molecule has 0 unspecified atom stereocenters. The van der Waals surface area contributed by atoms with Gasteiger partial charge in [-0.3, -0.25) is 4.79 Å². The molecule has 4 aromatic rings. The summed E-state index contributed by atoms with van der Waals surface area (Å²) in [5.41, 5.74) is 4.37. The molecule has 0 spiro atoms. The van der Waals surface area contributed by atoms with Gasteiger partial charge in [0.2, 0.25) is 5.78 Å². The van der Waals surface area contributed by atoms with E-state index in [1.807, 2.05) is 55.5 Å². The Labute approximate surface area is 168 Å². The third-order valence-corrected chi connectivity index (χ3v) is 4.71. The van der Waals surface area contributed by atoms with E-state index >= 15 is 0 Å². The van der Waals surface area contributed by atoms with Crippen molar-refractivity contribution in [3.63, 3.8) is 0 Å². The minimum atomic E-state index is -0.384. The lowest BCUT2D eigenvalue weighted by atomic mass is 10.1. The molecular formula is C24H19FN2O2. The van der Waals surface area contributed by atoms with Crippen molar-refractivity contribution in [1.82, 2.24) is 9.78 Å². The summed E-state index contributed by atoms with van der Waals surface area (Å²) >= 11 is 0. The minimum Gasteiger partial charge on any atom is -0.497 e. The number of nitrogens with zero attached hydrogens (tertiary/aromatic N) is 2. The molecule has 0 saturated carbocycles. The molecule has 5 heteroatoms. The molecule has 1 heterocycles. The second-order valence-corrected chi connectivity index (χ2v) is 6.73. The molecule has 144 valence electrons. The zero-order valence-electron chi connectivity index (χ0n) is 16.1. The van der Waals surface area contributed by atoms with Crippen molar-refractivity contribution in [3.05, 3.63) is 102 Å². The maximum absolute atomic E-state index is 13.2. The first-order chi connectivity index (χ1) is 14.0. The van der Waals surface area contributed by atoms with E-state index in [0.717, 1.165) is 28.3 Å². The molecule has 0 N–H and O–H groups in total. The fourth-order valence-electron chi connectivity index (χ4n) is 3.09. The lowest BCUT2D eigenvalue weighted by Gasteiger charge is -2.09. The quantitative estimate of drug-likeness (QED) is 0.441. The third kappa shape index (κ3) is 3.80. The van der Waals surface area contributed by atoms with Crippen LogP contribution in [-0.4, -0.2) is 22.7 Å². The predicted octanol–water partition coefficient (Wildman–Crippen LogP) is 5.23. The van der Waals surface area contributed by atoms with Crippen LogP contribution >= 0.6 is 0 Å². The van der Waals surface area contributed by atoms with E-state index in [1.54, 1.807) is 17.9 Å². The van der Waals surface area contributed by atoms with Crippen molar-refractivity contribution >= 4 is 5.78 Å². The highest BCUT2D eigenvalue weighted by molar-refractivity contribution is 6.08. The highest BCUT2D eigenvalue weighted by atomic mass is 19.1. The number of ether oxygens (including phenoxy) is 1. The van der Waals surface area contributed by atoms with Crippen LogP contribution in [0.15, 0.2) is 78.9 Å². The summed E-state index contributed by atoms with van der Waals surface area (Å²) in [7, 11) is 1.61. The van der Waals surface area contributed by atoms with Gasteiger partial charge in [-0.15, -0.1) is 0 Å². The Morgan fingerprint density at radius 1 is 0.931 bits per heavy atom. The van der Waals surface area contributed by atoms with Crippen LogP contribution in [0.25, 0.3) is 16.9 Å². The van der Waals surface area contributed by atoms with Crippen LogP contribution < -0.4 is 4.74 Å². The van der Waals surface area contributed by atoms with E-state index in [-0.39, 0.29) is 11.6 Å². The molecule has 4 rings (SSSR count). The van der Waals surface area contributed by atoms with Gasteiger partial charge in [-0.05, 0) is 61.5 Å². The van der Waals surface area contributed by atoms with Crippen molar-refractivity contribution in [2.24, 2.45) is 0 Å². The topological polar surface area (TPSA) is 44.1 Å². The number of rotatable bonds is 5. The van der Waals surface area contributed by atoms with Crippen LogP contribution in [0.1, 0.15) is 21.6 Å². The Balaban J connectivity index is 1.82. The minimum absolute atomic E-state index is 0.259. The zero-order valence-corrected chi connectivity index (χ0v) is 16.1. The average Bonchev–Trinajstić information content (AvgIpc) is 3.20. The zero-order chi connectivity index (χ0) is 20.4. The summed E-state index contributed by atoms with van der Waals surface area (Å²) in [6.45, 7) is 2.02. The Kier molecular flexibility index (Phi) is 4.96. The maximum Gasteiger partial charge on any atom is 0.213 e. The number of ketones is 1. The van der Waals surface area contributed by atoms with Crippen molar-refractivity contribution in [2.45, 2.75) is 6.92 Å². The molecular weight excluding hydrogens is 367 g/mol. The van der Waals surface area contributed by atoms with Gasteiger partial charge >= 0.3 is 0 Å². The van der Waals surface area contributed by atoms with Gasteiger partial charge in [0, 0.05) is 11.1 Å². The fraction of sp³-hybridized carbons (Fsp3) is 0.0833. The van der Waals surface area contributed by atoms with Crippen molar-refractivity contribution < 1.29 is 13.9 Å². The SMILES string of the molecule is COc1ccc(-n2nc(C(=O)c3ccc(F)cc3)cc2-c2ccc(C)cc2)cc1. The van der Waals surface area contributed by atoms with Gasteiger partial charge < -0.3 is 4.74 Å². The van der Waals surface area contributed by atoms with E-state index in [0.29, 0.717) is 11.3 Å². The second kappa shape index (κ2) is 7.72. The fourth-order valence-corrected chi connectivity index (χ4v) is 3.09. The monoisotopic (exact) mass is 386 g/mol. The molecule has 0 bridgehead atoms. The number of methoxy groups -OCH3 is 1. The molecule has 0 saturated heterocycles. The number of aryl methyl sites for hydroxylation is 1. The van der Waals surface area contributed by atoms with Crippen molar-refractivity contribution in [3.8, 4) is 22.7 Å². The Morgan fingerprint density at radius 3 is 2.21 bits per heavy atom. The van der Waals surface area contributed by atoms with Crippen LogP contribution in [0, 0.1) is 12.7 Å². The van der Waals surface area contributed by atoms with E-state index < -0.39 is 0 Å². The van der Waals surface area contributed by atoms with E-state index in [9.17, 15) is 9.18 Å². The summed E-state index contributed by atoms with van der Waals surface area (Å²) < 4.78 is 20.2. The van der Waals surface area contributed by atoms with E-state index in [2.05, 4.69) is 5.10 Å². The number of carbonyl (C=O) groups excluding carboxylic acids is 1. The van der Waals surface area contributed by atoms with Crippen LogP contribution in [0.3, 0.4) is 0 Å². The summed E-state index contributed by atoms with van der Waals surface area (Å²) in [6.07, 6.45) is 0. The standard InChI is InChI=1S/C24H19FN2O2/c1-16-3-5-17(6-4-16)23-15-22(24(28)18-7-9-19(25)10-8-18)26-27(23)20-11-13-21(29-2)14-12-20/h3-15H,1-2H3. The number of benzene rings is 3. The molecule has 0 fully saturated rings. The van der Waals surface area contributed by atoms with Crippen LogP contribution in [0.4, 0.5) is 4.39 Å². The van der Waals surface area contributed by atoms with Gasteiger partial charge in [0.25, 0.3) is 0 Å². The highest BCUT2D eigenvalue weighted by Gasteiger charge is 2.18. The number of hydrogen-bond acceptors (Lipinski definition) is 3. The number of carbonyl (C=O) groups is 1. The number of halogens is 1.